The Bertz CT molecular complexity index is 454. The minimum Gasteiger partial charge on any atom is -0.354 e. The van der Waals surface area contributed by atoms with E-state index < -0.39 is 4.92 Å². The van der Waals surface area contributed by atoms with E-state index >= 15 is 0 Å². The molecular weight excluding hydrogens is 240 g/mol. The largest absolute Gasteiger partial charge is 0.354 e. The van der Waals surface area contributed by atoms with E-state index in [2.05, 4.69) is 6.58 Å². The number of Topliss-reactive ketones (excluding diaryl/α,β-unsaturated/α-hetero) is 1. The normalized spacial score (nSPS) is 10.0. The molecule has 0 aromatic carbocycles. The van der Waals surface area contributed by atoms with Crippen LogP contribution >= 0.6 is 11.3 Å². The summed E-state index contributed by atoms with van der Waals surface area (Å²) in [5.41, 5.74) is -0.0103. The van der Waals surface area contributed by atoms with Crippen molar-refractivity contribution in [3.8, 4) is 0 Å². The highest BCUT2D eigenvalue weighted by Gasteiger charge is 2.24. The van der Waals surface area contributed by atoms with E-state index in [1.165, 1.54) is 13.0 Å². The van der Waals surface area contributed by atoms with Crippen LogP contribution in [0.2, 0.25) is 0 Å². The Morgan fingerprint density at radius 3 is 2.76 bits per heavy atom. The predicted molar refractivity (Wildman–Crippen MR) is 69.1 cm³/mol. The quantitative estimate of drug-likeness (QED) is 0.339. The molecule has 0 spiro atoms. The van der Waals surface area contributed by atoms with Gasteiger partial charge in [0.25, 0.3) is 0 Å². The molecule has 1 aromatic rings. The van der Waals surface area contributed by atoms with Gasteiger partial charge < -0.3 is 4.90 Å². The molecule has 0 aliphatic carbocycles. The van der Waals surface area contributed by atoms with E-state index in [9.17, 15) is 14.9 Å². The Kier molecular flexibility index (Phi) is 4.39. The zero-order chi connectivity index (χ0) is 13.0. The molecule has 0 unspecified atom stereocenters. The first-order chi connectivity index (χ1) is 8.01. The zero-order valence-corrected chi connectivity index (χ0v) is 10.6. The molecule has 0 aliphatic rings. The Morgan fingerprint density at radius 2 is 2.35 bits per heavy atom. The maximum atomic E-state index is 11.3. The molecule has 0 aliphatic heterocycles. The summed E-state index contributed by atoms with van der Waals surface area (Å²) in [7, 11) is 0. The van der Waals surface area contributed by atoms with Gasteiger partial charge in [-0.3, -0.25) is 14.9 Å². The van der Waals surface area contributed by atoms with Crippen molar-refractivity contribution >= 4 is 27.8 Å². The first kappa shape index (κ1) is 13.4. The molecule has 1 heterocycles. The second-order valence-corrected chi connectivity index (χ2v) is 4.47. The van der Waals surface area contributed by atoms with Gasteiger partial charge in [-0.25, -0.2) is 0 Å². The van der Waals surface area contributed by atoms with E-state index in [0.717, 1.165) is 11.3 Å². The van der Waals surface area contributed by atoms with Crippen LogP contribution in [0.5, 0.6) is 0 Å². The van der Waals surface area contributed by atoms with Crippen molar-refractivity contribution in [2.45, 2.75) is 13.8 Å². The molecule has 0 bridgehead atoms. The number of hydrogen-bond donors (Lipinski definition) is 0. The van der Waals surface area contributed by atoms with Crippen molar-refractivity contribution < 1.29 is 9.72 Å². The highest BCUT2D eigenvalue weighted by molar-refractivity contribution is 7.18. The second-order valence-electron chi connectivity index (χ2n) is 3.44. The summed E-state index contributed by atoms with van der Waals surface area (Å²) in [5, 5.41) is 11.4. The second kappa shape index (κ2) is 5.58. The van der Waals surface area contributed by atoms with Gasteiger partial charge in [0, 0.05) is 19.2 Å². The van der Waals surface area contributed by atoms with Crippen molar-refractivity contribution in [1.29, 1.82) is 0 Å². The van der Waals surface area contributed by atoms with Gasteiger partial charge in [-0.05, 0) is 13.8 Å². The third-order valence-electron chi connectivity index (χ3n) is 2.26. The lowest BCUT2D eigenvalue weighted by molar-refractivity contribution is -0.383. The smallest absolute Gasteiger partial charge is 0.304 e. The number of nitro groups is 1. The minimum atomic E-state index is -0.454. The zero-order valence-electron chi connectivity index (χ0n) is 9.80. The number of ketones is 1. The van der Waals surface area contributed by atoms with E-state index in [0.29, 0.717) is 23.0 Å². The van der Waals surface area contributed by atoms with Gasteiger partial charge in [0.15, 0.2) is 10.8 Å². The van der Waals surface area contributed by atoms with Gasteiger partial charge in [-0.1, -0.05) is 6.08 Å². The summed E-state index contributed by atoms with van der Waals surface area (Å²) in [6.07, 6.45) is 1.68. The Morgan fingerprint density at radius 1 is 1.71 bits per heavy atom. The van der Waals surface area contributed by atoms with Gasteiger partial charge in [-0.2, -0.15) is 0 Å². The van der Waals surface area contributed by atoms with Crippen molar-refractivity contribution in [2.75, 3.05) is 18.0 Å². The van der Waals surface area contributed by atoms with Crippen molar-refractivity contribution in [3.05, 3.63) is 33.7 Å². The van der Waals surface area contributed by atoms with Gasteiger partial charge in [0.05, 0.1) is 9.80 Å². The van der Waals surface area contributed by atoms with Crippen molar-refractivity contribution in [3.63, 3.8) is 0 Å². The van der Waals surface area contributed by atoms with Crippen molar-refractivity contribution in [2.24, 2.45) is 0 Å². The number of nitrogens with zero attached hydrogens (tertiary/aromatic N) is 2. The molecule has 0 atom stereocenters. The minimum absolute atomic E-state index is 0.0103. The van der Waals surface area contributed by atoms with Crippen LogP contribution in [-0.2, 0) is 0 Å². The molecule has 92 valence electrons. The fourth-order valence-electron chi connectivity index (χ4n) is 1.41. The summed E-state index contributed by atoms with van der Waals surface area (Å²) >= 11 is 1.16. The average Bonchev–Trinajstić information content (AvgIpc) is 2.70. The molecular formula is C11H14N2O3S. The molecule has 5 nitrogen and oxygen atoms in total. The summed E-state index contributed by atoms with van der Waals surface area (Å²) in [6, 6.07) is 1.34. The van der Waals surface area contributed by atoms with E-state index in [1.807, 2.05) is 11.8 Å². The SMILES string of the molecule is C=CCN(CC)c1sc(C(C)=O)cc1[N+](=O)[O-]. The maximum Gasteiger partial charge on any atom is 0.304 e. The van der Waals surface area contributed by atoms with Gasteiger partial charge >= 0.3 is 5.69 Å². The van der Waals surface area contributed by atoms with Gasteiger partial charge in [0.1, 0.15) is 0 Å². The molecule has 0 saturated carbocycles. The summed E-state index contributed by atoms with van der Waals surface area (Å²) < 4.78 is 0. The fraction of sp³-hybridized carbons (Fsp3) is 0.364. The number of hydrogen-bond acceptors (Lipinski definition) is 5. The van der Waals surface area contributed by atoms with Crippen LogP contribution in [-0.4, -0.2) is 23.8 Å². The maximum absolute atomic E-state index is 11.3. The highest BCUT2D eigenvalue weighted by atomic mass is 32.1. The van der Waals surface area contributed by atoms with Crippen LogP contribution in [0.1, 0.15) is 23.5 Å². The third kappa shape index (κ3) is 2.91. The molecule has 1 rings (SSSR count). The van der Waals surface area contributed by atoms with Crippen LogP contribution in [0.4, 0.5) is 10.7 Å². The third-order valence-corrected chi connectivity index (χ3v) is 3.54. The van der Waals surface area contributed by atoms with Gasteiger partial charge in [-0.15, -0.1) is 17.9 Å². The lowest BCUT2D eigenvalue weighted by Crippen LogP contribution is -2.22. The monoisotopic (exact) mass is 254 g/mol. The average molecular weight is 254 g/mol. The molecule has 0 radical (unpaired) electrons. The molecule has 0 amide bonds. The fourth-order valence-corrected chi connectivity index (χ4v) is 2.51. The molecule has 0 N–H and O–H groups in total. The van der Waals surface area contributed by atoms with E-state index in [1.54, 1.807) is 6.08 Å². The number of rotatable bonds is 6. The number of likely N-dealkylation sites (N-methyl/N-ethyl adjacent to an activating group) is 1. The Labute approximate surface area is 104 Å². The van der Waals surface area contributed by atoms with Crippen LogP contribution in [0.15, 0.2) is 18.7 Å². The number of thiophene rings is 1. The molecule has 6 heteroatoms. The predicted octanol–water partition coefficient (Wildman–Crippen LogP) is 2.87. The van der Waals surface area contributed by atoms with Crippen molar-refractivity contribution in [1.82, 2.24) is 0 Å². The Balaban J connectivity index is 3.23. The molecule has 17 heavy (non-hydrogen) atoms. The lowest BCUT2D eigenvalue weighted by atomic mass is 10.3. The van der Waals surface area contributed by atoms with Crippen LogP contribution < -0.4 is 4.90 Å². The molecule has 0 saturated heterocycles. The number of carbonyl (C=O) groups is 1. The summed E-state index contributed by atoms with van der Waals surface area (Å²) in [4.78, 5) is 24.0. The van der Waals surface area contributed by atoms with Crippen LogP contribution in [0.25, 0.3) is 0 Å². The molecule has 1 aromatic heterocycles. The summed E-state index contributed by atoms with van der Waals surface area (Å²) in [6.45, 7) is 8.08. The van der Waals surface area contributed by atoms with Crippen LogP contribution in [0, 0.1) is 10.1 Å². The number of carbonyl (C=O) groups excluding carboxylic acids is 1. The highest BCUT2D eigenvalue weighted by Crippen LogP contribution is 2.37. The van der Waals surface area contributed by atoms with E-state index in [-0.39, 0.29) is 11.5 Å². The van der Waals surface area contributed by atoms with Gasteiger partial charge in [0.2, 0.25) is 0 Å². The molecule has 0 fully saturated rings. The van der Waals surface area contributed by atoms with Crippen LogP contribution in [0.3, 0.4) is 0 Å². The first-order valence-corrected chi connectivity index (χ1v) is 5.97. The van der Waals surface area contributed by atoms with E-state index in [4.69, 9.17) is 0 Å². The number of anilines is 1. The lowest BCUT2D eigenvalue weighted by Gasteiger charge is -2.17. The first-order valence-electron chi connectivity index (χ1n) is 5.16. The Hall–Kier alpha value is -1.69. The summed E-state index contributed by atoms with van der Waals surface area (Å²) in [5.74, 6) is -0.154. The standard InChI is InChI=1S/C11H14N2O3S/c1-4-6-12(5-2)11-9(13(15)16)7-10(17-11)8(3)14/h4,7H,1,5-6H2,2-3H3. The topological polar surface area (TPSA) is 63.5 Å².